The van der Waals surface area contributed by atoms with Gasteiger partial charge in [0.2, 0.25) is 9.84 Å². The fraction of sp³-hybridized carbons (Fsp3) is 0. The van der Waals surface area contributed by atoms with Gasteiger partial charge in [0.05, 0.1) is 21.0 Å². The lowest BCUT2D eigenvalue weighted by atomic mass is 10.2. The Morgan fingerprint density at radius 1 is 0.720 bits per heavy atom. The van der Waals surface area contributed by atoms with Gasteiger partial charge in [-0.1, -0.05) is 42.5 Å². The summed E-state index contributed by atoms with van der Waals surface area (Å²) in [7, 11) is -3.89. The zero-order valence-corrected chi connectivity index (χ0v) is 13.9. The number of benzene rings is 3. The quantitative estimate of drug-likeness (QED) is 0.635. The third kappa shape index (κ3) is 3.47. The van der Waals surface area contributed by atoms with Crippen LogP contribution < -0.4 is 0 Å². The molecule has 0 saturated heterocycles. The molecule has 6 heteroatoms. The van der Waals surface area contributed by atoms with E-state index in [4.69, 9.17) is 0 Å². The normalized spacial score (nSPS) is 11.3. The van der Waals surface area contributed by atoms with E-state index >= 15 is 0 Å². The van der Waals surface area contributed by atoms with Crippen LogP contribution >= 0.6 is 0 Å². The van der Waals surface area contributed by atoms with Crippen molar-refractivity contribution in [3.8, 4) is 6.07 Å². The van der Waals surface area contributed by atoms with Gasteiger partial charge in [-0.05, 0) is 36.4 Å². The van der Waals surface area contributed by atoms with Crippen molar-refractivity contribution in [2.75, 3.05) is 0 Å². The Hall–Kier alpha value is -3.30. The topological polar surface area (TPSA) is 82.6 Å². The molecule has 0 N–H and O–H groups in total. The van der Waals surface area contributed by atoms with E-state index in [1.54, 1.807) is 42.5 Å². The van der Waals surface area contributed by atoms with Crippen molar-refractivity contribution in [1.29, 1.82) is 5.26 Å². The molecule has 0 fully saturated rings. The zero-order valence-electron chi connectivity index (χ0n) is 13.1. The first kappa shape index (κ1) is 16.6. The third-order valence-corrected chi connectivity index (χ3v) is 5.34. The van der Waals surface area contributed by atoms with Crippen LogP contribution in [0.3, 0.4) is 0 Å². The van der Waals surface area contributed by atoms with Crippen molar-refractivity contribution in [2.45, 2.75) is 9.79 Å². The number of nitrogens with zero attached hydrogens (tertiary/aromatic N) is 3. The third-order valence-electron chi connectivity index (χ3n) is 3.48. The molecule has 0 unspecified atom stereocenters. The first-order valence-electron chi connectivity index (χ1n) is 7.43. The fourth-order valence-electron chi connectivity index (χ4n) is 2.29. The Kier molecular flexibility index (Phi) is 4.68. The van der Waals surface area contributed by atoms with Crippen molar-refractivity contribution in [2.24, 2.45) is 10.2 Å². The van der Waals surface area contributed by atoms with Crippen LogP contribution in [0.15, 0.2) is 98.9 Å². The van der Waals surface area contributed by atoms with Crippen LogP contribution in [0, 0.1) is 11.3 Å². The summed E-state index contributed by atoms with van der Waals surface area (Å²) in [5, 5.41) is 17.4. The smallest absolute Gasteiger partial charge is 0.210 e. The van der Waals surface area contributed by atoms with E-state index in [1.165, 1.54) is 18.2 Å². The van der Waals surface area contributed by atoms with Crippen LogP contribution in [-0.2, 0) is 9.84 Å². The van der Waals surface area contributed by atoms with Crippen LogP contribution in [0.5, 0.6) is 0 Å². The lowest BCUT2D eigenvalue weighted by Gasteiger charge is -2.08. The van der Waals surface area contributed by atoms with Crippen LogP contribution in [0.2, 0.25) is 0 Å². The Bertz CT molecular complexity index is 1070. The van der Waals surface area contributed by atoms with Gasteiger partial charge in [0, 0.05) is 0 Å². The number of hydrogen-bond donors (Lipinski definition) is 0. The second-order valence-electron chi connectivity index (χ2n) is 5.11. The van der Waals surface area contributed by atoms with E-state index < -0.39 is 9.84 Å². The molecule has 0 bridgehead atoms. The standard InChI is InChI=1S/C19H13N3O2S/c20-14-15-8-4-6-12-18(15)25(23,24)19-13-7-5-11-17(19)22-21-16-9-2-1-3-10-16/h1-13H. The molecule has 0 aliphatic carbocycles. The van der Waals surface area contributed by atoms with Crippen molar-refractivity contribution in [3.05, 3.63) is 84.4 Å². The largest absolute Gasteiger partial charge is 0.218 e. The molecule has 0 radical (unpaired) electrons. The van der Waals surface area contributed by atoms with Gasteiger partial charge >= 0.3 is 0 Å². The van der Waals surface area contributed by atoms with Gasteiger partial charge in [-0.15, -0.1) is 5.11 Å². The molecule has 3 rings (SSSR count). The van der Waals surface area contributed by atoms with E-state index in [-0.39, 0.29) is 21.0 Å². The molecular formula is C19H13N3O2S. The number of azo groups is 1. The lowest BCUT2D eigenvalue weighted by Crippen LogP contribution is -2.04. The van der Waals surface area contributed by atoms with Gasteiger partial charge in [-0.25, -0.2) is 8.42 Å². The second-order valence-corrected chi connectivity index (χ2v) is 7.00. The molecule has 0 saturated carbocycles. The summed E-state index contributed by atoms with van der Waals surface area (Å²) in [4.78, 5) is -0.0303. The number of hydrogen-bond acceptors (Lipinski definition) is 5. The highest BCUT2D eigenvalue weighted by Gasteiger charge is 2.24. The number of sulfone groups is 1. The number of nitriles is 1. The minimum Gasteiger partial charge on any atom is -0.218 e. The van der Waals surface area contributed by atoms with E-state index in [9.17, 15) is 13.7 Å². The first-order chi connectivity index (χ1) is 12.1. The van der Waals surface area contributed by atoms with E-state index in [1.807, 2.05) is 24.3 Å². The molecule has 25 heavy (non-hydrogen) atoms. The van der Waals surface area contributed by atoms with E-state index in [0.29, 0.717) is 5.69 Å². The van der Waals surface area contributed by atoms with Gasteiger partial charge in [-0.3, -0.25) is 0 Å². The van der Waals surface area contributed by atoms with Crippen molar-refractivity contribution >= 4 is 21.2 Å². The Morgan fingerprint density at radius 3 is 2.04 bits per heavy atom. The summed E-state index contributed by atoms with van der Waals surface area (Å²) < 4.78 is 26.0. The monoisotopic (exact) mass is 347 g/mol. The predicted molar refractivity (Wildman–Crippen MR) is 93.7 cm³/mol. The van der Waals surface area contributed by atoms with Gasteiger partial charge in [-0.2, -0.15) is 10.4 Å². The maximum absolute atomic E-state index is 13.0. The van der Waals surface area contributed by atoms with Gasteiger partial charge in [0.25, 0.3) is 0 Å². The molecular weight excluding hydrogens is 334 g/mol. The molecule has 0 aromatic heterocycles. The molecule has 0 aliphatic rings. The Morgan fingerprint density at radius 2 is 1.32 bits per heavy atom. The molecule has 5 nitrogen and oxygen atoms in total. The summed E-state index contributed by atoms with van der Waals surface area (Å²) in [5.41, 5.74) is 0.934. The lowest BCUT2D eigenvalue weighted by molar-refractivity contribution is 0.596. The highest BCUT2D eigenvalue weighted by atomic mass is 32.2. The van der Waals surface area contributed by atoms with Crippen LogP contribution in [0.4, 0.5) is 11.4 Å². The maximum Gasteiger partial charge on any atom is 0.210 e. The maximum atomic E-state index is 13.0. The summed E-state index contributed by atoms with van der Waals surface area (Å²) >= 11 is 0. The van der Waals surface area contributed by atoms with Crippen LogP contribution in [-0.4, -0.2) is 8.42 Å². The van der Waals surface area contributed by atoms with E-state index in [2.05, 4.69) is 10.2 Å². The fourth-order valence-corrected chi connectivity index (χ4v) is 3.82. The van der Waals surface area contributed by atoms with E-state index in [0.717, 1.165) is 0 Å². The minimum absolute atomic E-state index is 0.0115. The predicted octanol–water partition coefficient (Wildman–Crippen LogP) is 4.81. The summed E-state index contributed by atoms with van der Waals surface area (Å²) in [6, 6.07) is 23.4. The summed E-state index contributed by atoms with van der Waals surface area (Å²) in [5.74, 6) is 0. The molecule has 3 aromatic rings. The Balaban J connectivity index is 2.09. The van der Waals surface area contributed by atoms with Gasteiger partial charge in [0.15, 0.2) is 0 Å². The molecule has 0 spiro atoms. The summed E-state index contributed by atoms with van der Waals surface area (Å²) in [6.07, 6.45) is 0. The number of rotatable bonds is 4. The van der Waals surface area contributed by atoms with Gasteiger partial charge in [0.1, 0.15) is 11.8 Å². The Labute approximate surface area is 145 Å². The van der Waals surface area contributed by atoms with Crippen molar-refractivity contribution in [1.82, 2.24) is 0 Å². The molecule has 0 aliphatic heterocycles. The average molecular weight is 347 g/mol. The summed E-state index contributed by atoms with van der Waals surface area (Å²) in [6.45, 7) is 0. The van der Waals surface area contributed by atoms with Gasteiger partial charge < -0.3 is 0 Å². The molecule has 0 atom stereocenters. The molecule has 122 valence electrons. The molecule has 0 heterocycles. The van der Waals surface area contributed by atoms with Crippen molar-refractivity contribution < 1.29 is 8.42 Å². The first-order valence-corrected chi connectivity index (χ1v) is 8.91. The zero-order chi connectivity index (χ0) is 17.7. The highest BCUT2D eigenvalue weighted by Crippen LogP contribution is 2.32. The van der Waals surface area contributed by atoms with Crippen molar-refractivity contribution in [3.63, 3.8) is 0 Å². The second kappa shape index (κ2) is 7.07. The minimum atomic E-state index is -3.89. The highest BCUT2D eigenvalue weighted by molar-refractivity contribution is 7.91. The van der Waals surface area contributed by atoms with Crippen LogP contribution in [0.1, 0.15) is 5.56 Å². The molecule has 0 amide bonds. The average Bonchev–Trinajstić information content (AvgIpc) is 2.67. The SMILES string of the molecule is N#Cc1ccccc1S(=O)(=O)c1ccccc1N=Nc1ccccc1. The van der Waals surface area contributed by atoms with Crippen LogP contribution in [0.25, 0.3) is 0 Å². The molecule has 3 aromatic carbocycles.